The zero-order valence-corrected chi connectivity index (χ0v) is 16.8. The summed E-state index contributed by atoms with van der Waals surface area (Å²) in [5.74, 6) is 2.07. The number of thioether (sulfide) groups is 1. The van der Waals surface area contributed by atoms with Crippen molar-refractivity contribution in [3.05, 3.63) is 27.7 Å². The van der Waals surface area contributed by atoms with Crippen molar-refractivity contribution in [2.75, 3.05) is 20.0 Å². The molecule has 0 amide bonds. The van der Waals surface area contributed by atoms with Crippen molar-refractivity contribution in [1.82, 2.24) is 15.2 Å². The van der Waals surface area contributed by atoms with Crippen LogP contribution in [-0.4, -0.2) is 29.4 Å². The molecule has 0 aliphatic carbocycles. The van der Waals surface area contributed by atoms with Gasteiger partial charge in [0.15, 0.2) is 15.8 Å². The lowest BCUT2D eigenvalue weighted by Crippen LogP contribution is -1.92. The second kappa shape index (κ2) is 7.68. The predicted molar refractivity (Wildman–Crippen MR) is 102 cm³/mol. The first-order valence-corrected chi connectivity index (χ1v) is 10.2. The maximum atomic E-state index is 5.59. The number of anilines is 1. The van der Waals surface area contributed by atoms with Crippen molar-refractivity contribution in [3.8, 4) is 22.1 Å². The Labute approximate surface area is 159 Å². The van der Waals surface area contributed by atoms with E-state index >= 15 is 0 Å². The van der Waals surface area contributed by atoms with Gasteiger partial charge in [0, 0.05) is 21.2 Å². The number of methoxy groups -OCH3 is 2. The Morgan fingerprint density at radius 1 is 1.21 bits per heavy atom. The Balaban J connectivity index is 1.80. The summed E-state index contributed by atoms with van der Waals surface area (Å²) in [6.07, 6.45) is 0. The van der Waals surface area contributed by atoms with E-state index in [1.807, 2.05) is 17.5 Å². The molecule has 0 atom stereocenters. The van der Waals surface area contributed by atoms with Crippen LogP contribution in [0.3, 0.4) is 0 Å². The second-order valence-corrected chi connectivity index (χ2v) is 8.47. The van der Waals surface area contributed by atoms with Gasteiger partial charge < -0.3 is 15.2 Å². The largest absolute Gasteiger partial charge is 0.493 e. The van der Waals surface area contributed by atoms with Crippen LogP contribution >= 0.6 is 50.4 Å². The Morgan fingerprint density at radius 3 is 2.62 bits per heavy atom. The summed E-state index contributed by atoms with van der Waals surface area (Å²) in [7, 11) is 3.23. The van der Waals surface area contributed by atoms with E-state index in [4.69, 9.17) is 20.2 Å². The monoisotopic (exact) mass is 444 g/mol. The Bertz CT molecular complexity index is 852. The summed E-state index contributed by atoms with van der Waals surface area (Å²) >= 11 is 8.10. The van der Waals surface area contributed by atoms with Crippen molar-refractivity contribution < 1.29 is 9.47 Å². The van der Waals surface area contributed by atoms with Crippen molar-refractivity contribution in [3.63, 3.8) is 0 Å². The summed E-state index contributed by atoms with van der Waals surface area (Å²) in [6.45, 7) is 0. The molecule has 2 aromatic heterocycles. The minimum absolute atomic E-state index is 0.478. The van der Waals surface area contributed by atoms with Gasteiger partial charge in [-0.05, 0) is 28.1 Å². The fourth-order valence-electron chi connectivity index (χ4n) is 1.93. The molecule has 3 rings (SSSR count). The summed E-state index contributed by atoms with van der Waals surface area (Å²) in [5.41, 5.74) is 7.53. The van der Waals surface area contributed by atoms with E-state index in [0.717, 1.165) is 30.8 Å². The minimum atomic E-state index is 0.478. The lowest BCUT2D eigenvalue weighted by molar-refractivity contribution is 0.355. The molecule has 126 valence electrons. The molecule has 0 bridgehead atoms. The number of nitrogens with zero attached hydrogens (tertiary/aromatic N) is 3. The van der Waals surface area contributed by atoms with Crippen molar-refractivity contribution in [1.29, 1.82) is 0 Å². The zero-order chi connectivity index (χ0) is 17.1. The fraction of sp³-hybridized carbons (Fsp3) is 0.214. The Morgan fingerprint density at radius 2 is 1.96 bits per heavy atom. The number of nitrogens with two attached hydrogens (primary N) is 1. The first-order chi connectivity index (χ1) is 11.6. The molecule has 0 spiro atoms. The van der Waals surface area contributed by atoms with Gasteiger partial charge in [-0.1, -0.05) is 23.1 Å². The van der Waals surface area contributed by atoms with Gasteiger partial charge in [-0.25, -0.2) is 4.98 Å². The molecular weight excluding hydrogens is 432 g/mol. The predicted octanol–water partition coefficient (Wildman–Crippen LogP) is 4.32. The average Bonchev–Trinajstić information content (AvgIpc) is 3.21. The number of hydrogen-bond donors (Lipinski definition) is 1. The van der Waals surface area contributed by atoms with E-state index in [9.17, 15) is 0 Å². The van der Waals surface area contributed by atoms with Gasteiger partial charge in [0.25, 0.3) is 0 Å². The highest BCUT2D eigenvalue weighted by Crippen LogP contribution is 2.40. The molecule has 2 heterocycles. The lowest BCUT2D eigenvalue weighted by Gasteiger charge is -2.10. The highest BCUT2D eigenvalue weighted by Gasteiger charge is 2.14. The Kier molecular flexibility index (Phi) is 5.59. The Hall–Kier alpha value is -1.36. The van der Waals surface area contributed by atoms with E-state index in [1.165, 1.54) is 11.3 Å². The fourth-order valence-corrected chi connectivity index (χ4v) is 5.05. The highest BCUT2D eigenvalue weighted by molar-refractivity contribution is 9.10. The molecule has 2 N–H and O–H groups in total. The van der Waals surface area contributed by atoms with Crippen LogP contribution < -0.4 is 15.2 Å². The van der Waals surface area contributed by atoms with Crippen LogP contribution in [0.5, 0.6) is 11.5 Å². The van der Waals surface area contributed by atoms with Crippen molar-refractivity contribution in [2.45, 2.75) is 10.1 Å². The number of benzene rings is 1. The third kappa shape index (κ3) is 3.82. The molecule has 6 nitrogen and oxygen atoms in total. The molecule has 0 aliphatic heterocycles. The SMILES string of the molecule is COc1cc(Br)c(-c2nc(CSc3nnc(N)s3)cs2)cc1OC. The molecule has 0 saturated heterocycles. The van der Waals surface area contributed by atoms with Crippen molar-refractivity contribution >= 4 is 55.5 Å². The smallest absolute Gasteiger partial charge is 0.203 e. The summed E-state index contributed by atoms with van der Waals surface area (Å²) in [4.78, 5) is 4.69. The van der Waals surface area contributed by atoms with Crippen LogP contribution in [0.2, 0.25) is 0 Å². The first-order valence-electron chi connectivity index (χ1n) is 6.68. The standard InChI is InChI=1S/C14H13BrN4O2S3/c1-20-10-3-8(9(15)4-11(10)21-2)12-17-7(5-22-12)6-23-14-19-18-13(16)24-14/h3-5H,6H2,1-2H3,(H2,16,18). The van der Waals surface area contributed by atoms with Crippen LogP contribution in [0.1, 0.15) is 5.69 Å². The third-order valence-corrected chi connectivity index (χ3v) is 6.52. The van der Waals surface area contributed by atoms with Crippen LogP contribution in [0.15, 0.2) is 26.3 Å². The van der Waals surface area contributed by atoms with Crippen LogP contribution in [0.25, 0.3) is 10.6 Å². The topological polar surface area (TPSA) is 83.2 Å². The van der Waals surface area contributed by atoms with Gasteiger partial charge in [-0.3, -0.25) is 0 Å². The number of hydrogen-bond acceptors (Lipinski definition) is 9. The highest BCUT2D eigenvalue weighted by atomic mass is 79.9. The summed E-state index contributed by atoms with van der Waals surface area (Å²) < 4.78 is 12.4. The van der Waals surface area contributed by atoms with Gasteiger partial charge in [-0.2, -0.15) is 0 Å². The zero-order valence-electron chi connectivity index (χ0n) is 12.8. The number of nitrogen functional groups attached to an aromatic ring is 1. The maximum Gasteiger partial charge on any atom is 0.203 e. The van der Waals surface area contributed by atoms with Crippen molar-refractivity contribution in [2.24, 2.45) is 0 Å². The van der Waals surface area contributed by atoms with Gasteiger partial charge in [0.2, 0.25) is 5.13 Å². The maximum absolute atomic E-state index is 5.59. The normalized spacial score (nSPS) is 10.8. The van der Waals surface area contributed by atoms with Gasteiger partial charge in [-0.15, -0.1) is 21.5 Å². The van der Waals surface area contributed by atoms with E-state index in [0.29, 0.717) is 16.6 Å². The third-order valence-electron chi connectivity index (χ3n) is 3.02. The van der Waals surface area contributed by atoms with Crippen LogP contribution in [0, 0.1) is 0 Å². The van der Waals surface area contributed by atoms with Gasteiger partial charge >= 0.3 is 0 Å². The van der Waals surface area contributed by atoms with Gasteiger partial charge in [0.05, 0.1) is 19.9 Å². The molecule has 0 unspecified atom stereocenters. The molecule has 0 fully saturated rings. The van der Waals surface area contributed by atoms with E-state index in [-0.39, 0.29) is 0 Å². The lowest BCUT2D eigenvalue weighted by atomic mass is 10.2. The number of halogens is 1. The van der Waals surface area contributed by atoms with E-state index in [2.05, 4.69) is 26.1 Å². The number of ether oxygens (including phenoxy) is 2. The quantitative estimate of drug-likeness (QED) is 0.566. The minimum Gasteiger partial charge on any atom is -0.493 e. The molecule has 10 heteroatoms. The number of aromatic nitrogens is 3. The number of rotatable bonds is 6. The average molecular weight is 445 g/mol. The number of thiazole rings is 1. The van der Waals surface area contributed by atoms with Gasteiger partial charge in [0.1, 0.15) is 5.01 Å². The molecule has 0 aliphatic rings. The summed E-state index contributed by atoms with van der Waals surface area (Å²) in [5, 5.41) is 11.2. The molecule has 24 heavy (non-hydrogen) atoms. The molecule has 3 aromatic rings. The van der Waals surface area contributed by atoms with Crippen LogP contribution in [0.4, 0.5) is 5.13 Å². The molecular formula is C14H13BrN4O2S3. The van der Waals surface area contributed by atoms with E-state index < -0.39 is 0 Å². The molecule has 0 radical (unpaired) electrons. The van der Waals surface area contributed by atoms with E-state index in [1.54, 1.807) is 37.3 Å². The first kappa shape index (κ1) is 17.5. The van der Waals surface area contributed by atoms with Crippen LogP contribution in [-0.2, 0) is 5.75 Å². The second-order valence-electron chi connectivity index (χ2n) is 4.53. The molecule has 1 aromatic carbocycles. The summed E-state index contributed by atoms with van der Waals surface area (Å²) in [6, 6.07) is 3.80. The molecule has 0 saturated carbocycles.